The van der Waals surface area contributed by atoms with E-state index in [9.17, 15) is 8.42 Å². The maximum atomic E-state index is 12.4. The van der Waals surface area contributed by atoms with Crippen molar-refractivity contribution in [3.8, 4) is 0 Å². The molecule has 1 atom stereocenters. The Labute approximate surface area is 112 Å². The van der Waals surface area contributed by atoms with Crippen molar-refractivity contribution < 1.29 is 13.5 Å². The van der Waals surface area contributed by atoms with Crippen LogP contribution in [0.5, 0.6) is 0 Å². The number of benzene rings is 1. The number of aliphatic hydroxyl groups is 1. The Kier molecular flexibility index (Phi) is 4.27. The van der Waals surface area contributed by atoms with E-state index >= 15 is 0 Å². The lowest BCUT2D eigenvalue weighted by Crippen LogP contribution is -2.40. The number of sulfonamides is 1. The fourth-order valence-electron chi connectivity index (χ4n) is 2.15. The van der Waals surface area contributed by atoms with Crippen molar-refractivity contribution in [2.45, 2.75) is 17.7 Å². The van der Waals surface area contributed by atoms with Crippen LogP contribution < -0.4 is 0 Å². The molecule has 0 bridgehead atoms. The molecule has 0 spiro atoms. The number of nitrogens with zero attached hydrogens (tertiary/aromatic N) is 1. The van der Waals surface area contributed by atoms with Gasteiger partial charge in [-0.3, -0.25) is 0 Å². The van der Waals surface area contributed by atoms with E-state index in [1.165, 1.54) is 16.4 Å². The van der Waals surface area contributed by atoms with Crippen molar-refractivity contribution in [1.29, 1.82) is 0 Å². The largest absolute Gasteiger partial charge is 0.396 e. The summed E-state index contributed by atoms with van der Waals surface area (Å²) in [6.07, 6.45) is 1.67. The van der Waals surface area contributed by atoms with Crippen molar-refractivity contribution in [2.75, 3.05) is 19.7 Å². The first-order chi connectivity index (χ1) is 8.54. The summed E-state index contributed by atoms with van der Waals surface area (Å²) in [6.45, 7) is 0.940. The van der Waals surface area contributed by atoms with Crippen LogP contribution in [0.15, 0.2) is 29.2 Å². The Morgan fingerprint density at radius 3 is 2.61 bits per heavy atom. The van der Waals surface area contributed by atoms with Crippen LogP contribution in [0.4, 0.5) is 0 Å². The van der Waals surface area contributed by atoms with Gasteiger partial charge in [-0.05, 0) is 43.0 Å². The number of hydrogen-bond acceptors (Lipinski definition) is 3. The molecule has 1 aliphatic rings. The highest BCUT2D eigenvalue weighted by Gasteiger charge is 2.29. The Morgan fingerprint density at radius 2 is 2.00 bits per heavy atom. The fraction of sp³-hybridized carbons (Fsp3) is 0.500. The van der Waals surface area contributed by atoms with Crippen molar-refractivity contribution in [3.05, 3.63) is 29.3 Å². The van der Waals surface area contributed by atoms with Crippen LogP contribution in [0.25, 0.3) is 0 Å². The summed E-state index contributed by atoms with van der Waals surface area (Å²) < 4.78 is 26.2. The van der Waals surface area contributed by atoms with Crippen molar-refractivity contribution in [2.24, 2.45) is 5.92 Å². The van der Waals surface area contributed by atoms with Gasteiger partial charge in [0.15, 0.2) is 0 Å². The van der Waals surface area contributed by atoms with Gasteiger partial charge >= 0.3 is 0 Å². The summed E-state index contributed by atoms with van der Waals surface area (Å²) in [5.41, 5.74) is 0. The molecule has 1 aromatic carbocycles. The average molecular weight is 290 g/mol. The molecule has 0 amide bonds. The van der Waals surface area contributed by atoms with Gasteiger partial charge in [0.1, 0.15) is 0 Å². The summed E-state index contributed by atoms with van der Waals surface area (Å²) in [4.78, 5) is 0.255. The molecular formula is C12H16ClNO3S. The molecule has 1 N–H and O–H groups in total. The number of piperidine rings is 1. The fourth-order valence-corrected chi connectivity index (χ4v) is 3.83. The Bertz CT molecular complexity index is 501. The molecule has 1 saturated heterocycles. The molecule has 0 aromatic heterocycles. The predicted octanol–water partition coefficient (Wildman–Crippen LogP) is 1.73. The zero-order chi connectivity index (χ0) is 13.2. The quantitative estimate of drug-likeness (QED) is 0.922. The first-order valence-electron chi connectivity index (χ1n) is 5.90. The van der Waals surface area contributed by atoms with E-state index in [1.807, 2.05) is 0 Å². The molecule has 18 heavy (non-hydrogen) atoms. The van der Waals surface area contributed by atoms with Crippen LogP contribution in [-0.2, 0) is 10.0 Å². The number of halogens is 1. The molecule has 0 aliphatic carbocycles. The first-order valence-corrected chi connectivity index (χ1v) is 7.72. The molecule has 1 heterocycles. The van der Waals surface area contributed by atoms with Gasteiger partial charge in [0.2, 0.25) is 10.0 Å². The molecule has 100 valence electrons. The minimum absolute atomic E-state index is 0.0344. The number of aliphatic hydroxyl groups excluding tert-OH is 1. The summed E-state index contributed by atoms with van der Waals surface area (Å²) >= 11 is 5.75. The highest BCUT2D eigenvalue weighted by Crippen LogP contribution is 2.24. The molecule has 1 fully saturated rings. The summed E-state index contributed by atoms with van der Waals surface area (Å²) in [5, 5.41) is 9.66. The normalized spacial score (nSPS) is 22.0. The lowest BCUT2D eigenvalue weighted by Gasteiger charge is -2.30. The predicted molar refractivity (Wildman–Crippen MR) is 70.0 cm³/mol. The zero-order valence-electron chi connectivity index (χ0n) is 9.92. The molecule has 1 aromatic rings. The van der Waals surface area contributed by atoms with Gasteiger partial charge in [0.25, 0.3) is 0 Å². The first kappa shape index (κ1) is 13.8. The lowest BCUT2D eigenvalue weighted by atomic mass is 10.0. The van der Waals surface area contributed by atoms with E-state index in [4.69, 9.17) is 16.7 Å². The highest BCUT2D eigenvalue weighted by molar-refractivity contribution is 7.89. The van der Waals surface area contributed by atoms with Gasteiger partial charge in [-0.1, -0.05) is 11.6 Å². The van der Waals surface area contributed by atoms with Gasteiger partial charge in [-0.25, -0.2) is 8.42 Å². The molecule has 4 nitrogen and oxygen atoms in total. The molecule has 0 unspecified atom stereocenters. The van der Waals surface area contributed by atoms with Crippen LogP contribution in [0, 0.1) is 5.92 Å². The summed E-state index contributed by atoms with van der Waals surface area (Å²) in [7, 11) is -3.46. The Balaban J connectivity index is 2.22. The van der Waals surface area contributed by atoms with E-state index < -0.39 is 10.0 Å². The second-order valence-electron chi connectivity index (χ2n) is 4.51. The van der Waals surface area contributed by atoms with Crippen LogP contribution in [0.3, 0.4) is 0 Å². The smallest absolute Gasteiger partial charge is 0.243 e. The highest BCUT2D eigenvalue weighted by atomic mass is 35.5. The molecule has 2 rings (SSSR count). The average Bonchev–Trinajstić information content (AvgIpc) is 2.39. The van der Waals surface area contributed by atoms with Gasteiger partial charge in [-0.2, -0.15) is 4.31 Å². The second kappa shape index (κ2) is 5.57. The second-order valence-corrected chi connectivity index (χ2v) is 6.88. The van der Waals surface area contributed by atoms with Crippen molar-refractivity contribution >= 4 is 21.6 Å². The van der Waals surface area contributed by atoms with Crippen LogP contribution in [-0.4, -0.2) is 37.5 Å². The van der Waals surface area contributed by atoms with E-state index in [0.717, 1.165) is 12.8 Å². The zero-order valence-corrected chi connectivity index (χ0v) is 11.5. The van der Waals surface area contributed by atoms with Gasteiger partial charge < -0.3 is 5.11 Å². The number of rotatable bonds is 3. The van der Waals surface area contributed by atoms with Gasteiger partial charge in [0.05, 0.1) is 4.90 Å². The van der Waals surface area contributed by atoms with Crippen molar-refractivity contribution in [1.82, 2.24) is 4.31 Å². The third kappa shape index (κ3) is 2.85. The summed E-state index contributed by atoms with van der Waals surface area (Å²) in [5.74, 6) is 0.0424. The van der Waals surface area contributed by atoms with Crippen LogP contribution in [0.2, 0.25) is 5.02 Å². The van der Waals surface area contributed by atoms with Crippen molar-refractivity contribution in [3.63, 3.8) is 0 Å². The van der Waals surface area contributed by atoms with E-state index in [1.54, 1.807) is 12.1 Å². The molecule has 6 heteroatoms. The van der Waals surface area contributed by atoms with Gasteiger partial charge in [0, 0.05) is 24.7 Å². The maximum absolute atomic E-state index is 12.4. The van der Waals surface area contributed by atoms with E-state index in [2.05, 4.69) is 0 Å². The maximum Gasteiger partial charge on any atom is 0.243 e. The molecular weight excluding hydrogens is 274 g/mol. The van der Waals surface area contributed by atoms with E-state index in [0.29, 0.717) is 18.1 Å². The number of hydrogen-bond donors (Lipinski definition) is 1. The Morgan fingerprint density at radius 1 is 1.33 bits per heavy atom. The minimum atomic E-state index is -3.46. The van der Waals surface area contributed by atoms with E-state index in [-0.39, 0.29) is 17.4 Å². The topological polar surface area (TPSA) is 57.6 Å². The molecule has 1 aliphatic heterocycles. The van der Waals surface area contributed by atoms with Crippen LogP contribution >= 0.6 is 11.6 Å². The monoisotopic (exact) mass is 289 g/mol. The molecule has 0 radical (unpaired) electrons. The molecule has 0 saturated carbocycles. The summed E-state index contributed by atoms with van der Waals surface area (Å²) in [6, 6.07) is 6.17. The minimum Gasteiger partial charge on any atom is -0.396 e. The third-order valence-corrected chi connectivity index (χ3v) is 5.32. The third-order valence-electron chi connectivity index (χ3n) is 3.19. The lowest BCUT2D eigenvalue weighted by molar-refractivity contribution is 0.165. The Hall–Kier alpha value is -0.620. The standard InChI is InChI=1S/C12H16ClNO3S/c13-11-3-5-12(6-4-11)18(16,17)14-7-1-2-10(8-14)9-15/h3-6,10,15H,1-2,7-9H2/t10-/m1/s1. The SMILES string of the molecule is O=S(=O)(c1ccc(Cl)cc1)N1CCC[C@@H](CO)C1. The van der Waals surface area contributed by atoms with Gasteiger partial charge in [-0.15, -0.1) is 0 Å². The van der Waals surface area contributed by atoms with Crippen LogP contribution in [0.1, 0.15) is 12.8 Å².